The van der Waals surface area contributed by atoms with Gasteiger partial charge in [-0.15, -0.1) is 0 Å². The zero-order valence-corrected chi connectivity index (χ0v) is 8.76. The van der Waals surface area contributed by atoms with Gasteiger partial charge in [-0.2, -0.15) is 5.26 Å². The summed E-state index contributed by atoms with van der Waals surface area (Å²) in [7, 11) is 2.05. The van der Waals surface area contributed by atoms with Crippen molar-refractivity contribution in [2.75, 3.05) is 25.5 Å². The maximum absolute atomic E-state index is 8.32. The van der Waals surface area contributed by atoms with Gasteiger partial charge in [-0.1, -0.05) is 22.9 Å². The van der Waals surface area contributed by atoms with E-state index >= 15 is 0 Å². The Hall–Kier alpha value is -0.0700. The molecule has 0 aliphatic heterocycles. The lowest BCUT2D eigenvalue weighted by atomic mass is 10.2. The third-order valence-electron chi connectivity index (χ3n) is 1.49. The number of rotatable bonds is 5. The zero-order valence-electron chi connectivity index (χ0n) is 7.18. The third kappa shape index (κ3) is 6.33. The molecule has 0 saturated carbocycles. The number of nitriles is 1. The van der Waals surface area contributed by atoms with Crippen molar-refractivity contribution in [2.45, 2.75) is 13.3 Å². The molecule has 1 unspecified atom stereocenters. The summed E-state index contributed by atoms with van der Waals surface area (Å²) in [5.41, 5.74) is 0. The van der Waals surface area contributed by atoms with E-state index in [1.807, 2.05) is 0 Å². The van der Waals surface area contributed by atoms with E-state index in [-0.39, 0.29) is 0 Å². The monoisotopic (exact) mass is 218 g/mol. The Morgan fingerprint density at radius 1 is 1.64 bits per heavy atom. The Morgan fingerprint density at radius 3 is 2.73 bits per heavy atom. The van der Waals surface area contributed by atoms with Crippen molar-refractivity contribution in [3.63, 3.8) is 0 Å². The van der Waals surface area contributed by atoms with Gasteiger partial charge < -0.3 is 4.90 Å². The summed E-state index contributed by atoms with van der Waals surface area (Å²) in [6.45, 7) is 4.14. The van der Waals surface area contributed by atoms with Gasteiger partial charge in [-0.3, -0.25) is 0 Å². The van der Waals surface area contributed by atoms with Gasteiger partial charge in [0.2, 0.25) is 0 Å². The van der Waals surface area contributed by atoms with Gasteiger partial charge >= 0.3 is 0 Å². The number of halogens is 1. The van der Waals surface area contributed by atoms with E-state index in [4.69, 9.17) is 5.26 Å². The Balaban J connectivity index is 3.37. The van der Waals surface area contributed by atoms with Crippen molar-refractivity contribution in [2.24, 2.45) is 5.92 Å². The molecule has 0 aromatic carbocycles. The standard InChI is InChI=1S/C8H15BrN2/c1-8(6-9)7-11(2)5-3-4-10/h8H,3,5-7H2,1-2H3. The van der Waals surface area contributed by atoms with Crippen LogP contribution in [0.1, 0.15) is 13.3 Å². The first kappa shape index (κ1) is 10.9. The lowest BCUT2D eigenvalue weighted by Crippen LogP contribution is -2.25. The highest BCUT2D eigenvalue weighted by Crippen LogP contribution is 2.01. The Bertz CT molecular complexity index is 131. The van der Waals surface area contributed by atoms with Gasteiger partial charge in [0.05, 0.1) is 6.07 Å². The molecular formula is C8H15BrN2. The Kier molecular flexibility index (Phi) is 6.59. The van der Waals surface area contributed by atoms with Crippen LogP contribution in [0.5, 0.6) is 0 Å². The Morgan fingerprint density at radius 2 is 2.27 bits per heavy atom. The van der Waals surface area contributed by atoms with Crippen LogP contribution in [-0.2, 0) is 0 Å². The lowest BCUT2D eigenvalue weighted by molar-refractivity contribution is 0.305. The summed E-state index contributed by atoms with van der Waals surface area (Å²) in [6, 6.07) is 2.14. The van der Waals surface area contributed by atoms with Crippen LogP contribution in [0, 0.1) is 17.2 Å². The van der Waals surface area contributed by atoms with Gasteiger partial charge in [-0.25, -0.2) is 0 Å². The summed E-state index contributed by atoms with van der Waals surface area (Å²) < 4.78 is 0. The summed E-state index contributed by atoms with van der Waals surface area (Å²) in [4.78, 5) is 2.19. The quantitative estimate of drug-likeness (QED) is 0.660. The van der Waals surface area contributed by atoms with Crippen LogP contribution in [0.2, 0.25) is 0 Å². The summed E-state index contributed by atoms with van der Waals surface area (Å²) in [6.07, 6.45) is 0.630. The molecule has 0 saturated heterocycles. The molecule has 0 heterocycles. The molecule has 1 atom stereocenters. The lowest BCUT2D eigenvalue weighted by Gasteiger charge is -2.18. The molecule has 0 aromatic rings. The minimum Gasteiger partial charge on any atom is -0.305 e. The Labute approximate surface area is 77.3 Å². The highest BCUT2D eigenvalue weighted by Gasteiger charge is 2.03. The highest BCUT2D eigenvalue weighted by molar-refractivity contribution is 9.09. The molecule has 0 aliphatic carbocycles. The molecule has 0 fully saturated rings. The molecular weight excluding hydrogens is 204 g/mol. The fraction of sp³-hybridized carbons (Fsp3) is 0.875. The van der Waals surface area contributed by atoms with Crippen LogP contribution in [0.3, 0.4) is 0 Å². The topological polar surface area (TPSA) is 27.0 Å². The number of hydrogen-bond donors (Lipinski definition) is 0. The molecule has 0 rings (SSSR count). The van der Waals surface area contributed by atoms with Crippen molar-refractivity contribution in [1.29, 1.82) is 5.26 Å². The fourth-order valence-electron chi connectivity index (χ4n) is 0.913. The molecule has 0 bridgehead atoms. The van der Waals surface area contributed by atoms with Crippen molar-refractivity contribution in [3.05, 3.63) is 0 Å². The van der Waals surface area contributed by atoms with Crippen LogP contribution in [0.15, 0.2) is 0 Å². The molecule has 3 heteroatoms. The van der Waals surface area contributed by atoms with Crippen molar-refractivity contribution in [3.8, 4) is 6.07 Å². The second-order valence-corrected chi connectivity index (χ2v) is 3.58. The molecule has 0 N–H and O–H groups in total. The van der Waals surface area contributed by atoms with Crippen LogP contribution in [-0.4, -0.2) is 30.4 Å². The number of hydrogen-bond acceptors (Lipinski definition) is 2. The molecule has 0 spiro atoms. The minimum atomic E-state index is 0.630. The summed E-state index contributed by atoms with van der Waals surface area (Å²) in [5, 5.41) is 9.35. The normalized spacial score (nSPS) is 13.0. The average molecular weight is 219 g/mol. The van der Waals surface area contributed by atoms with Crippen LogP contribution in [0.25, 0.3) is 0 Å². The van der Waals surface area contributed by atoms with Gasteiger partial charge in [0.25, 0.3) is 0 Å². The third-order valence-corrected chi connectivity index (χ3v) is 2.60. The maximum atomic E-state index is 8.32. The maximum Gasteiger partial charge on any atom is 0.0635 e. The van der Waals surface area contributed by atoms with Crippen LogP contribution >= 0.6 is 15.9 Å². The molecule has 64 valence electrons. The molecule has 0 amide bonds. The molecule has 0 aliphatic rings. The smallest absolute Gasteiger partial charge is 0.0635 e. The van der Waals surface area contributed by atoms with Gasteiger partial charge in [0, 0.05) is 24.8 Å². The average Bonchev–Trinajstić information content (AvgIpc) is 2.00. The first-order chi connectivity index (χ1) is 5.20. The van der Waals surface area contributed by atoms with E-state index in [1.54, 1.807) is 0 Å². The largest absolute Gasteiger partial charge is 0.305 e. The van der Waals surface area contributed by atoms with E-state index in [2.05, 4.69) is 40.9 Å². The van der Waals surface area contributed by atoms with Crippen molar-refractivity contribution in [1.82, 2.24) is 4.90 Å². The second kappa shape index (κ2) is 6.63. The van der Waals surface area contributed by atoms with E-state index in [0.717, 1.165) is 18.4 Å². The summed E-state index contributed by atoms with van der Waals surface area (Å²) in [5.74, 6) is 0.665. The van der Waals surface area contributed by atoms with Crippen LogP contribution in [0.4, 0.5) is 0 Å². The van der Waals surface area contributed by atoms with E-state index in [1.165, 1.54) is 0 Å². The van der Waals surface area contributed by atoms with Crippen molar-refractivity contribution < 1.29 is 0 Å². The van der Waals surface area contributed by atoms with Crippen LogP contribution < -0.4 is 0 Å². The second-order valence-electron chi connectivity index (χ2n) is 2.93. The number of alkyl halides is 1. The first-order valence-electron chi connectivity index (χ1n) is 3.82. The predicted molar refractivity (Wildman–Crippen MR) is 50.7 cm³/mol. The highest BCUT2D eigenvalue weighted by atomic mass is 79.9. The minimum absolute atomic E-state index is 0.630. The van der Waals surface area contributed by atoms with Gasteiger partial charge in [0.15, 0.2) is 0 Å². The number of nitrogens with zero attached hydrogens (tertiary/aromatic N) is 2. The van der Waals surface area contributed by atoms with Gasteiger partial charge in [-0.05, 0) is 13.0 Å². The van der Waals surface area contributed by atoms with E-state index in [0.29, 0.717) is 12.3 Å². The SMILES string of the molecule is CC(CBr)CN(C)CCC#N. The fourth-order valence-corrected chi connectivity index (χ4v) is 1.12. The first-order valence-corrected chi connectivity index (χ1v) is 4.94. The molecule has 11 heavy (non-hydrogen) atoms. The van der Waals surface area contributed by atoms with Crippen molar-refractivity contribution >= 4 is 15.9 Å². The molecule has 0 radical (unpaired) electrons. The van der Waals surface area contributed by atoms with E-state index < -0.39 is 0 Å². The summed E-state index contributed by atoms with van der Waals surface area (Å²) >= 11 is 3.42. The molecule has 0 aromatic heterocycles. The predicted octanol–water partition coefficient (Wildman–Crippen LogP) is 1.86. The molecule has 2 nitrogen and oxygen atoms in total. The zero-order chi connectivity index (χ0) is 8.69. The van der Waals surface area contributed by atoms with Gasteiger partial charge in [0.1, 0.15) is 0 Å². The van der Waals surface area contributed by atoms with E-state index in [9.17, 15) is 0 Å².